The molecular formula is C12H18N4O6. The van der Waals surface area contributed by atoms with Crippen LogP contribution in [0.1, 0.15) is 19.8 Å². The Morgan fingerprint density at radius 3 is 2.77 bits per heavy atom. The Morgan fingerprint density at radius 2 is 2.27 bits per heavy atom. The van der Waals surface area contributed by atoms with Crippen LogP contribution >= 0.6 is 0 Å². The molecule has 0 aliphatic rings. The summed E-state index contributed by atoms with van der Waals surface area (Å²) in [6.07, 6.45) is 2.05. The summed E-state index contributed by atoms with van der Waals surface area (Å²) in [7, 11) is 1.41. The van der Waals surface area contributed by atoms with Crippen LogP contribution in [-0.2, 0) is 20.9 Å². The molecule has 1 unspecified atom stereocenters. The van der Waals surface area contributed by atoms with Crippen molar-refractivity contribution >= 4 is 17.6 Å². The lowest BCUT2D eigenvalue weighted by molar-refractivity contribution is -0.385. The Kier molecular flexibility index (Phi) is 5.99. The Hall–Kier alpha value is -2.49. The molecular weight excluding hydrogens is 296 g/mol. The smallest absolute Gasteiger partial charge is 0.306 e. The first-order valence-corrected chi connectivity index (χ1v) is 6.44. The third-order valence-electron chi connectivity index (χ3n) is 2.84. The fourth-order valence-corrected chi connectivity index (χ4v) is 1.97. The molecule has 0 aromatic carbocycles. The number of carboxylic acids is 1. The molecule has 1 heterocycles. The minimum absolute atomic E-state index is 0.0117. The molecule has 0 saturated heterocycles. The number of hydrogen-bond donors (Lipinski definition) is 2. The maximum atomic E-state index is 11.9. The van der Waals surface area contributed by atoms with E-state index in [1.807, 2.05) is 0 Å². The highest BCUT2D eigenvalue weighted by Gasteiger charge is 2.29. The molecule has 10 nitrogen and oxygen atoms in total. The molecule has 1 amide bonds. The third-order valence-corrected chi connectivity index (χ3v) is 2.84. The summed E-state index contributed by atoms with van der Waals surface area (Å²) >= 11 is 0. The lowest BCUT2D eigenvalue weighted by Crippen LogP contribution is -2.50. The number of aryl methyl sites for hydroxylation is 1. The fourth-order valence-electron chi connectivity index (χ4n) is 1.97. The van der Waals surface area contributed by atoms with E-state index < -0.39 is 16.4 Å². The van der Waals surface area contributed by atoms with Gasteiger partial charge in [-0.05, 0) is 6.92 Å². The zero-order valence-electron chi connectivity index (χ0n) is 12.3. The predicted molar refractivity (Wildman–Crippen MR) is 74.2 cm³/mol. The van der Waals surface area contributed by atoms with Crippen LogP contribution in [0.5, 0.6) is 0 Å². The van der Waals surface area contributed by atoms with Gasteiger partial charge in [0.05, 0.1) is 23.5 Å². The third kappa shape index (κ3) is 5.48. The molecule has 1 atom stereocenters. The molecule has 0 fully saturated rings. The minimum atomic E-state index is -1.05. The maximum absolute atomic E-state index is 11.9. The number of methoxy groups -OCH3 is 1. The summed E-state index contributed by atoms with van der Waals surface area (Å²) < 4.78 is 6.21. The molecule has 1 rings (SSSR count). The van der Waals surface area contributed by atoms with Gasteiger partial charge in [0, 0.05) is 20.1 Å². The van der Waals surface area contributed by atoms with Crippen LogP contribution in [-0.4, -0.2) is 50.9 Å². The van der Waals surface area contributed by atoms with Gasteiger partial charge >= 0.3 is 11.7 Å². The average molecular weight is 314 g/mol. The van der Waals surface area contributed by atoms with Crippen molar-refractivity contribution in [3.63, 3.8) is 0 Å². The monoisotopic (exact) mass is 314 g/mol. The van der Waals surface area contributed by atoms with Crippen LogP contribution in [0.3, 0.4) is 0 Å². The number of aliphatic carboxylic acids is 1. The summed E-state index contributed by atoms with van der Waals surface area (Å²) in [5.41, 5.74) is -1.18. The molecule has 0 bridgehead atoms. The summed E-state index contributed by atoms with van der Waals surface area (Å²) in [4.78, 5) is 32.7. The van der Waals surface area contributed by atoms with Crippen molar-refractivity contribution in [1.82, 2.24) is 15.1 Å². The van der Waals surface area contributed by atoms with Crippen LogP contribution in [0, 0.1) is 10.1 Å². The van der Waals surface area contributed by atoms with Crippen molar-refractivity contribution in [3.8, 4) is 0 Å². The van der Waals surface area contributed by atoms with Crippen molar-refractivity contribution < 1.29 is 24.4 Å². The number of nitrogens with one attached hydrogen (secondary N) is 1. The van der Waals surface area contributed by atoms with Crippen molar-refractivity contribution in [2.24, 2.45) is 0 Å². The second-order valence-corrected chi connectivity index (χ2v) is 5.08. The van der Waals surface area contributed by atoms with Gasteiger partial charge in [-0.25, -0.2) is 0 Å². The lowest BCUT2D eigenvalue weighted by Gasteiger charge is -2.28. The van der Waals surface area contributed by atoms with Crippen molar-refractivity contribution in [2.75, 3.05) is 13.7 Å². The maximum Gasteiger partial charge on any atom is 0.306 e. The van der Waals surface area contributed by atoms with Gasteiger partial charge in [-0.2, -0.15) is 5.10 Å². The summed E-state index contributed by atoms with van der Waals surface area (Å²) in [5.74, 6) is -1.44. The average Bonchev–Trinajstić information content (AvgIpc) is 2.84. The van der Waals surface area contributed by atoms with Gasteiger partial charge in [0.2, 0.25) is 5.91 Å². The van der Waals surface area contributed by atoms with Crippen molar-refractivity contribution in [2.45, 2.75) is 31.8 Å². The molecule has 1 aromatic heterocycles. The molecule has 0 radical (unpaired) electrons. The van der Waals surface area contributed by atoms with Gasteiger partial charge in [0.15, 0.2) is 0 Å². The van der Waals surface area contributed by atoms with E-state index in [1.165, 1.54) is 18.0 Å². The lowest BCUT2D eigenvalue weighted by atomic mass is 9.98. The van der Waals surface area contributed by atoms with Gasteiger partial charge in [-0.15, -0.1) is 0 Å². The first kappa shape index (κ1) is 17.6. The van der Waals surface area contributed by atoms with Crippen molar-refractivity contribution in [1.29, 1.82) is 0 Å². The van der Waals surface area contributed by atoms with Gasteiger partial charge in [-0.3, -0.25) is 24.4 Å². The van der Waals surface area contributed by atoms with E-state index in [1.54, 1.807) is 6.92 Å². The van der Waals surface area contributed by atoms with Crippen LogP contribution in [0.4, 0.5) is 5.69 Å². The quantitative estimate of drug-likeness (QED) is 0.490. The van der Waals surface area contributed by atoms with Crippen LogP contribution in [0.25, 0.3) is 0 Å². The minimum Gasteiger partial charge on any atom is -0.481 e. The fraction of sp³-hybridized carbons (Fsp3) is 0.583. The summed E-state index contributed by atoms with van der Waals surface area (Å²) in [5, 5.41) is 25.8. The number of nitrogens with zero attached hydrogens (tertiary/aromatic N) is 3. The zero-order valence-corrected chi connectivity index (χ0v) is 12.3. The summed E-state index contributed by atoms with van der Waals surface area (Å²) in [6.45, 7) is 1.77. The zero-order chi connectivity index (χ0) is 16.8. The number of carboxylic acid groups (broad SMARTS) is 1. The molecule has 22 heavy (non-hydrogen) atoms. The van der Waals surface area contributed by atoms with Gasteiger partial charge in [0.25, 0.3) is 0 Å². The molecule has 2 N–H and O–H groups in total. The summed E-state index contributed by atoms with van der Waals surface area (Å²) in [6, 6.07) is 0. The molecule has 1 aromatic rings. The van der Waals surface area contributed by atoms with Gasteiger partial charge in [0.1, 0.15) is 12.4 Å². The number of hydrogen-bond acceptors (Lipinski definition) is 6. The van der Waals surface area contributed by atoms with E-state index in [4.69, 9.17) is 9.84 Å². The highest BCUT2D eigenvalue weighted by molar-refractivity contribution is 5.78. The van der Waals surface area contributed by atoms with E-state index in [2.05, 4.69) is 10.4 Å². The largest absolute Gasteiger partial charge is 0.481 e. The van der Waals surface area contributed by atoms with Crippen LogP contribution < -0.4 is 5.32 Å². The van der Waals surface area contributed by atoms with Crippen LogP contribution in [0.15, 0.2) is 12.4 Å². The number of amides is 1. The second-order valence-electron chi connectivity index (χ2n) is 5.08. The molecule has 0 spiro atoms. The highest BCUT2D eigenvalue weighted by Crippen LogP contribution is 2.11. The first-order valence-electron chi connectivity index (χ1n) is 6.44. The van der Waals surface area contributed by atoms with E-state index in [0.717, 1.165) is 6.20 Å². The normalized spacial score (nSPS) is 13.4. The topological polar surface area (TPSA) is 137 Å². The highest BCUT2D eigenvalue weighted by atomic mass is 16.6. The van der Waals surface area contributed by atoms with E-state index in [0.29, 0.717) is 0 Å². The van der Waals surface area contributed by atoms with Gasteiger partial charge < -0.3 is 15.2 Å². The van der Waals surface area contributed by atoms with E-state index >= 15 is 0 Å². The Bertz CT molecular complexity index is 558. The van der Waals surface area contributed by atoms with Crippen molar-refractivity contribution in [3.05, 3.63) is 22.5 Å². The van der Waals surface area contributed by atoms with E-state index in [-0.39, 0.29) is 37.6 Å². The molecule has 0 saturated carbocycles. The number of aromatic nitrogens is 2. The van der Waals surface area contributed by atoms with Crippen LogP contribution in [0.2, 0.25) is 0 Å². The Labute approximate surface area is 126 Å². The predicted octanol–water partition coefficient (Wildman–Crippen LogP) is 0.177. The standard InChI is InChI=1S/C12H18N4O6/c1-12(8-22-2,5-11(18)19)14-10(17)3-4-15-7-9(6-13-15)16(20)21/h6-7H,3-5,8H2,1-2H3,(H,14,17)(H,18,19). The first-order chi connectivity index (χ1) is 10.3. The SMILES string of the molecule is COCC(C)(CC(=O)O)NC(=O)CCn1cc([N+](=O)[O-])cn1. The second kappa shape index (κ2) is 7.50. The molecule has 0 aliphatic carbocycles. The number of carbonyl (C=O) groups excluding carboxylic acids is 1. The molecule has 0 aliphatic heterocycles. The Morgan fingerprint density at radius 1 is 1.59 bits per heavy atom. The number of nitro groups is 1. The number of carbonyl (C=O) groups is 2. The van der Waals surface area contributed by atoms with E-state index in [9.17, 15) is 19.7 Å². The molecule has 10 heteroatoms. The molecule has 122 valence electrons. The number of ether oxygens (including phenoxy) is 1. The van der Waals surface area contributed by atoms with Gasteiger partial charge in [-0.1, -0.05) is 0 Å². The Balaban J connectivity index is 2.56. The number of rotatable bonds is 9.